The number of nitrogens with zero attached hydrogens (tertiary/aromatic N) is 1. The van der Waals surface area contributed by atoms with E-state index in [1.54, 1.807) is 24.3 Å². The Morgan fingerprint density at radius 3 is 2.29 bits per heavy atom. The molecule has 1 fully saturated rings. The number of halogens is 3. The lowest BCUT2D eigenvalue weighted by atomic mass is 9.93. The molecule has 220 valence electrons. The Bertz CT molecular complexity index is 1550. The van der Waals surface area contributed by atoms with Gasteiger partial charge in [0.2, 0.25) is 5.91 Å². The molecule has 2 heterocycles. The van der Waals surface area contributed by atoms with Crippen LogP contribution in [-0.2, 0) is 26.0 Å². The molecule has 0 aliphatic carbocycles. The van der Waals surface area contributed by atoms with Gasteiger partial charge in [0.25, 0.3) is 5.91 Å². The summed E-state index contributed by atoms with van der Waals surface area (Å²) in [5.74, 6) is -3.97. The number of alkyl halides is 3. The van der Waals surface area contributed by atoms with Crippen LogP contribution in [0.25, 0.3) is 10.9 Å². The molecule has 0 saturated carbocycles. The highest BCUT2D eigenvalue weighted by atomic mass is 32.2. The molecule has 0 bridgehead atoms. The molecule has 11 nitrogen and oxygen atoms in total. The molecule has 2 amide bonds. The number of carbonyl (C=O) groups is 3. The van der Waals surface area contributed by atoms with Gasteiger partial charge in [-0.15, -0.1) is 0 Å². The minimum absolute atomic E-state index is 0.0923. The number of rotatable bonds is 7. The fraction of sp³-hybridized carbons (Fsp3) is 0.308. The molecular formula is C26H26F3N3O8S. The van der Waals surface area contributed by atoms with Crippen molar-refractivity contribution in [2.75, 3.05) is 11.5 Å². The van der Waals surface area contributed by atoms with Crippen molar-refractivity contribution in [3.8, 4) is 5.75 Å². The minimum Gasteiger partial charge on any atom is -0.489 e. The van der Waals surface area contributed by atoms with Crippen LogP contribution in [0.5, 0.6) is 5.75 Å². The van der Waals surface area contributed by atoms with Crippen molar-refractivity contribution < 1.29 is 51.0 Å². The summed E-state index contributed by atoms with van der Waals surface area (Å²) in [6.07, 6.45) is -5.33. The summed E-state index contributed by atoms with van der Waals surface area (Å²) in [5.41, 5.74) is 3.31. The number of hydrogen-bond acceptors (Lipinski definition) is 8. The van der Waals surface area contributed by atoms with Crippen LogP contribution in [0.1, 0.15) is 34.5 Å². The van der Waals surface area contributed by atoms with Gasteiger partial charge in [-0.2, -0.15) is 13.2 Å². The summed E-state index contributed by atoms with van der Waals surface area (Å²) >= 11 is 0. The van der Waals surface area contributed by atoms with Gasteiger partial charge in [-0.3, -0.25) is 19.8 Å². The van der Waals surface area contributed by atoms with E-state index in [4.69, 9.17) is 19.8 Å². The van der Waals surface area contributed by atoms with E-state index in [0.29, 0.717) is 17.9 Å². The molecule has 1 atom stereocenters. The molecule has 4 N–H and O–H groups in total. The van der Waals surface area contributed by atoms with Gasteiger partial charge in [-0.25, -0.2) is 18.7 Å². The van der Waals surface area contributed by atoms with E-state index in [0.717, 1.165) is 22.2 Å². The van der Waals surface area contributed by atoms with Crippen LogP contribution < -0.4 is 15.5 Å². The van der Waals surface area contributed by atoms with Gasteiger partial charge in [0.05, 0.1) is 29.0 Å². The van der Waals surface area contributed by atoms with Crippen molar-refractivity contribution >= 4 is 38.5 Å². The third kappa shape index (κ3) is 8.62. The summed E-state index contributed by atoms with van der Waals surface area (Å²) in [5, 5.41) is 19.7. The number of aryl methyl sites for hydroxylation is 1. The topological polar surface area (TPSA) is 172 Å². The largest absolute Gasteiger partial charge is 0.490 e. The molecular weight excluding hydrogens is 571 g/mol. The van der Waals surface area contributed by atoms with Gasteiger partial charge >= 0.3 is 12.1 Å². The number of nitrogens with one attached hydrogen (secondary N) is 2. The minimum atomic E-state index is -5.08. The van der Waals surface area contributed by atoms with Gasteiger partial charge in [-0.1, -0.05) is 18.2 Å². The van der Waals surface area contributed by atoms with Crippen molar-refractivity contribution in [1.29, 1.82) is 0 Å². The first-order valence-corrected chi connectivity index (χ1v) is 13.8. The monoisotopic (exact) mass is 597 g/mol. The fourth-order valence-corrected chi connectivity index (χ4v) is 6.24. The second-order valence-electron chi connectivity index (χ2n) is 9.34. The Kier molecular flexibility index (Phi) is 9.55. The Labute approximate surface area is 232 Å². The number of aliphatic carboxylic acids is 1. The normalized spacial score (nSPS) is 17.7. The Morgan fingerprint density at radius 1 is 1.10 bits per heavy atom. The number of para-hydroxylation sites is 1. The fourth-order valence-electron chi connectivity index (χ4n) is 4.24. The molecule has 4 rings (SSSR count). The molecule has 0 radical (unpaired) electrons. The predicted molar refractivity (Wildman–Crippen MR) is 139 cm³/mol. The number of sulfone groups is 1. The summed E-state index contributed by atoms with van der Waals surface area (Å²) in [6, 6.07) is 16.3. The lowest BCUT2D eigenvalue weighted by Gasteiger charge is -2.28. The Morgan fingerprint density at radius 2 is 1.73 bits per heavy atom. The molecule has 1 saturated heterocycles. The van der Waals surface area contributed by atoms with Crippen LogP contribution in [0.3, 0.4) is 0 Å². The molecule has 3 aromatic rings. The van der Waals surface area contributed by atoms with Crippen molar-refractivity contribution in [3.63, 3.8) is 0 Å². The first-order valence-electron chi connectivity index (χ1n) is 12.0. The highest BCUT2D eigenvalue weighted by molar-refractivity contribution is 7.91. The maximum Gasteiger partial charge on any atom is 0.490 e. The number of pyridine rings is 1. The Hall–Kier alpha value is -4.24. The molecule has 1 aromatic heterocycles. The predicted octanol–water partition coefficient (Wildman–Crippen LogP) is 2.94. The first-order chi connectivity index (χ1) is 19.1. The van der Waals surface area contributed by atoms with Crippen LogP contribution in [-0.4, -0.2) is 64.7 Å². The number of aromatic nitrogens is 1. The average molecular weight is 598 g/mol. The van der Waals surface area contributed by atoms with Gasteiger partial charge in [0.1, 0.15) is 12.4 Å². The maximum atomic E-state index is 12.8. The summed E-state index contributed by atoms with van der Waals surface area (Å²) in [4.78, 5) is 37.9. The third-order valence-electron chi connectivity index (χ3n) is 6.07. The number of carbonyl (C=O) groups excluding carboxylic acids is 2. The number of ether oxygens (including phenoxy) is 1. The standard InChI is InChI=1S/C24H25N3O6S.C2HF3O2/c1-16-12-18(20-4-2-3-5-21(20)25-16)14-33-19-8-6-17(7-9-19)23(29)26-24(13-22(28)27-30)10-11-34(31,32)15-24;3-2(4,5)1(6)7/h2-9,12,30H,10-11,13-15H2,1H3,(H,26,29)(H,27,28);(H,6,7). The highest BCUT2D eigenvalue weighted by Gasteiger charge is 2.45. The average Bonchev–Trinajstić information content (AvgIpc) is 3.20. The molecule has 1 aliphatic rings. The summed E-state index contributed by atoms with van der Waals surface area (Å²) in [6.45, 7) is 2.25. The second kappa shape index (κ2) is 12.5. The SMILES string of the molecule is Cc1cc(COc2ccc(C(=O)NC3(CC(=O)NO)CCS(=O)(=O)C3)cc2)c2ccccc2n1.O=C(O)C(F)(F)F. The van der Waals surface area contributed by atoms with E-state index < -0.39 is 39.3 Å². The molecule has 41 heavy (non-hydrogen) atoms. The molecule has 2 aromatic carbocycles. The number of carboxylic acid groups (broad SMARTS) is 1. The van der Waals surface area contributed by atoms with E-state index >= 15 is 0 Å². The van der Waals surface area contributed by atoms with Crippen molar-refractivity contribution in [2.24, 2.45) is 0 Å². The van der Waals surface area contributed by atoms with Crippen molar-refractivity contribution in [1.82, 2.24) is 15.8 Å². The van der Waals surface area contributed by atoms with Crippen molar-refractivity contribution in [3.05, 3.63) is 71.4 Å². The van der Waals surface area contributed by atoms with E-state index in [2.05, 4.69) is 10.3 Å². The lowest BCUT2D eigenvalue weighted by molar-refractivity contribution is -0.192. The van der Waals surface area contributed by atoms with Crippen LogP contribution >= 0.6 is 0 Å². The van der Waals surface area contributed by atoms with Gasteiger partial charge in [0.15, 0.2) is 9.84 Å². The van der Waals surface area contributed by atoms with Gasteiger partial charge in [0, 0.05) is 22.2 Å². The number of benzene rings is 2. The number of fused-ring (bicyclic) bond motifs is 1. The zero-order valence-electron chi connectivity index (χ0n) is 21.6. The van der Waals surface area contributed by atoms with E-state index in [1.807, 2.05) is 37.3 Å². The zero-order chi connectivity index (χ0) is 30.4. The zero-order valence-corrected chi connectivity index (χ0v) is 22.4. The quantitative estimate of drug-likeness (QED) is 0.236. The molecule has 1 unspecified atom stereocenters. The molecule has 1 aliphatic heterocycles. The highest BCUT2D eigenvalue weighted by Crippen LogP contribution is 2.28. The third-order valence-corrected chi connectivity index (χ3v) is 7.89. The lowest BCUT2D eigenvalue weighted by Crippen LogP contribution is -2.52. The number of hydroxylamine groups is 1. The molecule has 15 heteroatoms. The first kappa shape index (κ1) is 31.3. The maximum absolute atomic E-state index is 12.8. The summed E-state index contributed by atoms with van der Waals surface area (Å²) in [7, 11) is -3.40. The van der Waals surface area contributed by atoms with E-state index in [1.165, 1.54) is 5.48 Å². The summed E-state index contributed by atoms with van der Waals surface area (Å²) < 4.78 is 61.7. The van der Waals surface area contributed by atoms with Crippen LogP contribution in [0.4, 0.5) is 13.2 Å². The smallest absolute Gasteiger partial charge is 0.489 e. The van der Waals surface area contributed by atoms with Gasteiger partial charge < -0.3 is 15.2 Å². The molecule has 0 spiro atoms. The second-order valence-corrected chi connectivity index (χ2v) is 11.5. The van der Waals surface area contributed by atoms with E-state index in [9.17, 15) is 31.2 Å². The van der Waals surface area contributed by atoms with Crippen LogP contribution in [0.15, 0.2) is 54.6 Å². The number of amides is 2. The van der Waals surface area contributed by atoms with Crippen LogP contribution in [0.2, 0.25) is 0 Å². The van der Waals surface area contributed by atoms with Gasteiger partial charge in [-0.05, 0) is 49.7 Å². The number of hydrogen-bond donors (Lipinski definition) is 4. The van der Waals surface area contributed by atoms with E-state index in [-0.39, 0.29) is 24.3 Å². The number of carboxylic acids is 1. The Balaban J connectivity index is 0.000000587. The van der Waals surface area contributed by atoms with Crippen molar-refractivity contribution in [2.45, 2.75) is 38.1 Å². The van der Waals surface area contributed by atoms with Crippen LogP contribution in [0, 0.1) is 6.92 Å².